The van der Waals surface area contributed by atoms with Crippen molar-refractivity contribution >= 4 is 28.5 Å². The summed E-state index contributed by atoms with van der Waals surface area (Å²) in [6, 6.07) is 31.3. The molecule has 0 amide bonds. The summed E-state index contributed by atoms with van der Waals surface area (Å²) < 4.78 is 0. The molecule has 5 aliphatic carbocycles. The maximum absolute atomic E-state index is 2.61. The summed E-state index contributed by atoms with van der Waals surface area (Å²) in [5.41, 5.74) is 15.1. The summed E-state index contributed by atoms with van der Waals surface area (Å²) in [7, 11) is 0. The van der Waals surface area contributed by atoms with Crippen LogP contribution in [-0.4, -0.2) is 0 Å². The van der Waals surface area contributed by atoms with Crippen LogP contribution in [0, 0.1) is 11.8 Å². The topological polar surface area (TPSA) is 0 Å². The van der Waals surface area contributed by atoms with E-state index in [1.54, 1.807) is 27.9 Å². The lowest BCUT2D eigenvalue weighted by Crippen LogP contribution is -2.33. The van der Waals surface area contributed by atoms with Gasteiger partial charge in [-0.1, -0.05) is 134 Å². The number of allylic oxidation sites excluding steroid dienone is 12. The molecule has 0 heteroatoms. The van der Waals surface area contributed by atoms with Crippen molar-refractivity contribution in [1.82, 2.24) is 0 Å². The van der Waals surface area contributed by atoms with Crippen molar-refractivity contribution < 1.29 is 0 Å². The van der Waals surface area contributed by atoms with Gasteiger partial charge in [0.25, 0.3) is 0 Å². The number of hydrogen-bond acceptors (Lipinski definition) is 0. The fraction of sp³-hybridized carbons (Fsp3) is 0.217. The zero-order valence-corrected chi connectivity index (χ0v) is 26.5. The third-order valence-corrected chi connectivity index (χ3v) is 11.1. The Hall–Kier alpha value is -4.68. The molecular formula is C46H40. The van der Waals surface area contributed by atoms with Gasteiger partial charge in [-0.05, 0) is 134 Å². The van der Waals surface area contributed by atoms with Crippen LogP contribution in [0.1, 0.15) is 56.1 Å². The Morgan fingerprint density at radius 1 is 0.630 bits per heavy atom. The highest BCUT2D eigenvalue weighted by Gasteiger charge is 2.37. The van der Waals surface area contributed by atoms with Gasteiger partial charge >= 0.3 is 0 Å². The number of rotatable bonds is 5. The SMILES string of the molecule is C1=CCC2CC3C4=CCCC(c5c6c(c(-c7ccccc7)c7ccccc57)=CCCC=6)=C4C=CC3=C(CCc3ccccc3)C2=C1. The van der Waals surface area contributed by atoms with Crippen molar-refractivity contribution in [1.29, 1.82) is 0 Å². The molecule has 0 N–H and O–H groups in total. The van der Waals surface area contributed by atoms with E-state index in [2.05, 4.69) is 134 Å². The molecule has 2 atom stereocenters. The van der Waals surface area contributed by atoms with Gasteiger partial charge in [-0.25, -0.2) is 0 Å². The van der Waals surface area contributed by atoms with Crippen molar-refractivity contribution in [3.8, 4) is 11.1 Å². The van der Waals surface area contributed by atoms with Gasteiger partial charge in [-0.3, -0.25) is 0 Å². The minimum absolute atomic E-state index is 0.482. The second kappa shape index (κ2) is 11.6. The van der Waals surface area contributed by atoms with E-state index in [0.717, 1.165) is 44.9 Å². The zero-order chi connectivity index (χ0) is 30.5. The summed E-state index contributed by atoms with van der Waals surface area (Å²) in [5, 5.41) is 5.67. The third-order valence-electron chi connectivity index (χ3n) is 11.1. The second-order valence-electron chi connectivity index (χ2n) is 13.6. The van der Waals surface area contributed by atoms with Crippen LogP contribution in [0.2, 0.25) is 0 Å². The predicted molar refractivity (Wildman–Crippen MR) is 195 cm³/mol. The van der Waals surface area contributed by atoms with E-state index in [0.29, 0.717) is 11.8 Å². The molecule has 0 aromatic heterocycles. The molecule has 2 unspecified atom stereocenters. The molecule has 0 aliphatic heterocycles. The first-order valence-corrected chi connectivity index (χ1v) is 17.4. The molecule has 0 heterocycles. The first kappa shape index (κ1) is 27.6. The fourth-order valence-electron chi connectivity index (χ4n) is 9.10. The third kappa shape index (κ3) is 4.58. The van der Waals surface area contributed by atoms with Gasteiger partial charge in [0.05, 0.1) is 0 Å². The molecule has 224 valence electrons. The molecular weight excluding hydrogens is 553 g/mol. The maximum Gasteiger partial charge on any atom is 0.0101 e. The molecule has 0 saturated carbocycles. The van der Waals surface area contributed by atoms with Crippen LogP contribution in [0.5, 0.6) is 0 Å². The highest BCUT2D eigenvalue weighted by molar-refractivity contribution is 6.04. The van der Waals surface area contributed by atoms with Gasteiger partial charge in [0, 0.05) is 5.92 Å². The molecule has 0 saturated heterocycles. The molecule has 0 fully saturated rings. The molecule has 4 aromatic rings. The van der Waals surface area contributed by atoms with Crippen LogP contribution in [-0.2, 0) is 6.42 Å². The Kier molecular flexibility index (Phi) is 6.96. The monoisotopic (exact) mass is 592 g/mol. The molecule has 0 nitrogen and oxygen atoms in total. The molecule has 46 heavy (non-hydrogen) atoms. The lowest BCUT2D eigenvalue weighted by Gasteiger charge is -2.41. The number of aryl methyl sites for hydroxylation is 1. The molecule has 0 spiro atoms. The van der Waals surface area contributed by atoms with Crippen LogP contribution in [0.3, 0.4) is 0 Å². The van der Waals surface area contributed by atoms with Crippen LogP contribution in [0.25, 0.3) is 39.6 Å². The summed E-state index contributed by atoms with van der Waals surface area (Å²) in [4.78, 5) is 0. The van der Waals surface area contributed by atoms with Gasteiger partial charge in [0.1, 0.15) is 0 Å². The summed E-state index contributed by atoms with van der Waals surface area (Å²) >= 11 is 0. The first-order chi connectivity index (χ1) is 22.8. The summed E-state index contributed by atoms with van der Waals surface area (Å²) in [6.45, 7) is 0. The van der Waals surface area contributed by atoms with E-state index in [1.807, 2.05) is 0 Å². The van der Waals surface area contributed by atoms with Gasteiger partial charge in [-0.15, -0.1) is 0 Å². The largest absolute Gasteiger partial charge is 0.0839 e. The van der Waals surface area contributed by atoms with Crippen molar-refractivity contribution in [2.24, 2.45) is 11.8 Å². The molecule has 0 bridgehead atoms. The first-order valence-electron chi connectivity index (χ1n) is 17.4. The average molecular weight is 593 g/mol. The fourth-order valence-corrected chi connectivity index (χ4v) is 9.10. The van der Waals surface area contributed by atoms with E-state index < -0.39 is 0 Å². The predicted octanol–water partition coefficient (Wildman–Crippen LogP) is 10.4. The Balaban J connectivity index is 1.24. The van der Waals surface area contributed by atoms with Crippen LogP contribution in [0.15, 0.2) is 149 Å². The van der Waals surface area contributed by atoms with Gasteiger partial charge in [-0.2, -0.15) is 0 Å². The van der Waals surface area contributed by atoms with E-state index in [1.165, 1.54) is 55.5 Å². The standard InChI is InChI=1S/C46H40/c1-3-14-31(15-4-1)26-27-36-34-19-8-7-18-33(34)30-44-35-24-13-25-39(37(35)28-29-38(36)44)46-42-22-11-9-20-40(42)45(32-16-5-2-6-17-32)41-21-10-12-23-43(41)46/h1-9,11,14-17,19-24,28-29,33,44H,10,12-13,18,25-27,30H2. The molecule has 4 aromatic carbocycles. The maximum atomic E-state index is 2.61. The average Bonchev–Trinajstić information content (AvgIpc) is 3.13. The van der Waals surface area contributed by atoms with Crippen molar-refractivity contribution in [2.45, 2.75) is 51.4 Å². The van der Waals surface area contributed by atoms with Gasteiger partial charge < -0.3 is 0 Å². The van der Waals surface area contributed by atoms with Crippen molar-refractivity contribution in [3.63, 3.8) is 0 Å². The highest BCUT2D eigenvalue weighted by atomic mass is 14.4. The van der Waals surface area contributed by atoms with E-state index in [9.17, 15) is 0 Å². The normalized spacial score (nSPS) is 21.4. The van der Waals surface area contributed by atoms with E-state index >= 15 is 0 Å². The summed E-state index contributed by atoms with van der Waals surface area (Å²) in [5.74, 6) is 1.10. The Morgan fingerprint density at radius 3 is 2.15 bits per heavy atom. The van der Waals surface area contributed by atoms with Crippen LogP contribution in [0.4, 0.5) is 0 Å². The number of fused-ring (bicyclic) bond motifs is 6. The van der Waals surface area contributed by atoms with E-state index in [-0.39, 0.29) is 0 Å². The molecule has 5 aliphatic rings. The Morgan fingerprint density at radius 2 is 1.35 bits per heavy atom. The zero-order valence-electron chi connectivity index (χ0n) is 26.5. The highest BCUT2D eigenvalue weighted by Crippen LogP contribution is 2.52. The second-order valence-corrected chi connectivity index (χ2v) is 13.6. The van der Waals surface area contributed by atoms with Gasteiger partial charge in [0.2, 0.25) is 0 Å². The van der Waals surface area contributed by atoms with E-state index in [4.69, 9.17) is 0 Å². The lowest BCUT2D eigenvalue weighted by atomic mass is 9.63. The summed E-state index contributed by atoms with van der Waals surface area (Å²) in [6.07, 6.45) is 28.8. The van der Waals surface area contributed by atoms with Crippen molar-refractivity contribution in [3.05, 3.63) is 171 Å². The molecule has 9 rings (SSSR count). The van der Waals surface area contributed by atoms with Crippen molar-refractivity contribution in [2.75, 3.05) is 0 Å². The minimum Gasteiger partial charge on any atom is -0.0839 e. The van der Waals surface area contributed by atoms with Crippen LogP contribution < -0.4 is 10.4 Å². The quantitative estimate of drug-likeness (QED) is 0.216. The Labute approximate surface area is 272 Å². The Bertz CT molecular complexity index is 2180. The number of benzene rings is 4. The van der Waals surface area contributed by atoms with Crippen LogP contribution >= 0.6 is 0 Å². The van der Waals surface area contributed by atoms with Gasteiger partial charge in [0.15, 0.2) is 0 Å². The lowest BCUT2D eigenvalue weighted by molar-refractivity contribution is 0.467. The number of hydrogen-bond donors (Lipinski definition) is 0. The molecule has 0 radical (unpaired) electrons. The minimum atomic E-state index is 0.482. The smallest absolute Gasteiger partial charge is 0.0101 e.